The van der Waals surface area contributed by atoms with Crippen LogP contribution in [0.2, 0.25) is 0 Å². The van der Waals surface area contributed by atoms with Crippen molar-refractivity contribution in [3.05, 3.63) is 29.3 Å². The SMILES string of the molecule is [B][P@]1(=O)OC[C@H]2O[C@@H](n3cnc4c(N)ncnc43)[C@@H](F)C2OP([O-])(=S)OC[C@H]2O[C@@H](n3cnc4c(=O)[nH]c(N)nc43)[C@@H](F)C2O1. The molecule has 0 saturated carbocycles. The van der Waals surface area contributed by atoms with E-state index in [-0.39, 0.29) is 34.1 Å². The molecule has 3 fully saturated rings. The zero-order valence-electron chi connectivity index (χ0n) is 22.4. The van der Waals surface area contributed by atoms with Crippen LogP contribution in [0.5, 0.6) is 0 Å². The van der Waals surface area contributed by atoms with Crippen LogP contribution in [-0.4, -0.2) is 96.6 Å². The topological polar surface area (TPSA) is 255 Å². The van der Waals surface area contributed by atoms with Gasteiger partial charge in [-0.1, -0.05) is 11.8 Å². The summed E-state index contributed by atoms with van der Waals surface area (Å²) in [5, 5.41) is 0. The molecule has 0 aromatic carbocycles. The number of nitrogens with zero attached hydrogens (tertiary/aromatic N) is 7. The molecule has 5 N–H and O–H groups in total. The third-order valence-electron chi connectivity index (χ3n) is 7.25. The molecule has 3 saturated heterocycles. The molecule has 3 aliphatic rings. The summed E-state index contributed by atoms with van der Waals surface area (Å²) < 4.78 is 80.3. The van der Waals surface area contributed by atoms with Crippen LogP contribution in [0.3, 0.4) is 0 Å². The molecule has 25 heteroatoms. The number of rotatable bonds is 2. The Bertz CT molecular complexity index is 1950. The van der Waals surface area contributed by atoms with Gasteiger partial charge in [0.2, 0.25) is 13.5 Å². The number of halogens is 2. The summed E-state index contributed by atoms with van der Waals surface area (Å²) in [7, 11) is 1.16. The average molecular weight is 687 g/mol. The Hall–Kier alpha value is -2.98. The Kier molecular flexibility index (Phi) is 7.55. The van der Waals surface area contributed by atoms with Gasteiger partial charge in [0.15, 0.2) is 47.4 Å². The first kappa shape index (κ1) is 30.7. The first-order valence-corrected chi connectivity index (χ1v) is 17.1. The maximum absolute atomic E-state index is 16.0. The molecule has 4 aromatic rings. The number of hydrogen-bond donors (Lipinski definition) is 3. The molecule has 19 nitrogen and oxygen atoms in total. The van der Waals surface area contributed by atoms with E-state index in [0.29, 0.717) is 0 Å². The molecule has 2 radical (unpaired) electrons. The van der Waals surface area contributed by atoms with Crippen molar-refractivity contribution in [2.24, 2.45) is 0 Å². The van der Waals surface area contributed by atoms with E-state index >= 15 is 8.78 Å². The Labute approximate surface area is 255 Å². The Morgan fingerprint density at radius 1 is 0.956 bits per heavy atom. The summed E-state index contributed by atoms with van der Waals surface area (Å²) >= 11 is 5.01. The number of nitrogens with two attached hydrogens (primary N) is 2. The predicted octanol–water partition coefficient (Wildman–Crippen LogP) is -0.726. The van der Waals surface area contributed by atoms with Crippen LogP contribution in [0.15, 0.2) is 23.8 Å². The second-order valence-electron chi connectivity index (χ2n) is 10.1. The fourth-order valence-electron chi connectivity index (χ4n) is 5.26. The maximum Gasteiger partial charge on any atom is 0.280 e. The van der Waals surface area contributed by atoms with Crippen LogP contribution in [0.4, 0.5) is 20.5 Å². The Morgan fingerprint density at radius 3 is 2.24 bits per heavy atom. The molecule has 45 heavy (non-hydrogen) atoms. The van der Waals surface area contributed by atoms with Gasteiger partial charge in [0, 0.05) is 0 Å². The van der Waals surface area contributed by atoms with Crippen LogP contribution in [0.25, 0.3) is 22.3 Å². The quantitative estimate of drug-likeness (QED) is 0.173. The third-order valence-corrected chi connectivity index (χ3v) is 9.84. The summed E-state index contributed by atoms with van der Waals surface area (Å²) in [6.07, 6.45) is -10.3. The molecule has 7 heterocycles. The van der Waals surface area contributed by atoms with Gasteiger partial charge in [-0.25, -0.2) is 28.7 Å². The third kappa shape index (κ3) is 5.45. The minimum Gasteiger partial charge on any atom is -0.780 e. The van der Waals surface area contributed by atoms with Crippen molar-refractivity contribution in [3.63, 3.8) is 0 Å². The molecule has 7 rings (SSSR count). The van der Waals surface area contributed by atoms with E-state index in [0.717, 1.165) is 17.2 Å². The highest BCUT2D eigenvalue weighted by atomic mass is 32.5. The van der Waals surface area contributed by atoms with Crippen molar-refractivity contribution in [2.75, 3.05) is 24.7 Å². The number of anilines is 2. The van der Waals surface area contributed by atoms with Gasteiger partial charge in [-0.05, 0) is 0 Å². The average Bonchev–Trinajstić information content (AvgIpc) is 3.72. The summed E-state index contributed by atoms with van der Waals surface area (Å²) in [6, 6.07) is 0. The zero-order chi connectivity index (χ0) is 31.8. The number of ether oxygens (including phenoxy) is 2. The standard InChI is InChI=1S/C20H21BF2N10O9P2S/c21-43(35)37-1-6-13(9(23)18(39-6)32-4-28-10-14(24)26-3-27-15(10)32)42-44(36,45)38-2-7-12(41-43)8(22)19(40-7)33-5-29-11-16(33)30-20(25)31-17(11)34/h3-9,12-13,18-19H,1-2H2,(H,36,45)(H2,24,26,27)(H3,25,30,31,34)/p-1/t6-,7-,8+,9+,12?,13?,18-,19-,43+,44?/m1/s1. The number of aromatic nitrogens is 8. The molecule has 3 aliphatic heterocycles. The number of hydrogen-bond acceptors (Lipinski definition) is 17. The van der Waals surface area contributed by atoms with Gasteiger partial charge in [-0.3, -0.25) is 23.5 Å². The molecule has 0 amide bonds. The van der Waals surface area contributed by atoms with Gasteiger partial charge < -0.3 is 43.9 Å². The van der Waals surface area contributed by atoms with E-state index in [2.05, 4.69) is 29.9 Å². The lowest BCUT2D eigenvalue weighted by molar-refractivity contribution is -0.217. The van der Waals surface area contributed by atoms with Gasteiger partial charge in [-0.2, -0.15) is 4.98 Å². The molecule has 0 aliphatic carbocycles. The largest absolute Gasteiger partial charge is 0.780 e. The fraction of sp³-hybridized carbons (Fsp3) is 0.500. The van der Waals surface area contributed by atoms with Crippen molar-refractivity contribution in [3.8, 4) is 0 Å². The first-order chi connectivity index (χ1) is 21.3. The second-order valence-corrected chi connectivity index (χ2v) is 14.3. The van der Waals surface area contributed by atoms with Crippen molar-refractivity contribution < 1.29 is 45.8 Å². The molecule has 0 bridgehead atoms. The van der Waals surface area contributed by atoms with Crippen LogP contribution in [0, 0.1) is 0 Å². The van der Waals surface area contributed by atoms with Crippen LogP contribution >= 0.6 is 14.2 Å². The minimum absolute atomic E-state index is 0.0272. The normalized spacial score (nSPS) is 37.7. The predicted molar refractivity (Wildman–Crippen MR) is 149 cm³/mol. The van der Waals surface area contributed by atoms with Gasteiger partial charge in [-0.15, -0.1) is 0 Å². The molecular weight excluding hydrogens is 667 g/mol. The van der Waals surface area contributed by atoms with Crippen molar-refractivity contribution >= 4 is 67.7 Å². The number of imidazole rings is 2. The van der Waals surface area contributed by atoms with Crippen molar-refractivity contribution in [1.29, 1.82) is 0 Å². The van der Waals surface area contributed by atoms with E-state index in [9.17, 15) is 14.3 Å². The lowest BCUT2D eigenvalue weighted by Gasteiger charge is -2.35. The molecule has 4 aromatic heterocycles. The van der Waals surface area contributed by atoms with E-state index in [1.807, 2.05) is 0 Å². The molecule has 0 spiro atoms. The van der Waals surface area contributed by atoms with Crippen LogP contribution in [-0.2, 0) is 43.9 Å². The van der Waals surface area contributed by atoms with Crippen LogP contribution < -0.4 is 21.9 Å². The smallest absolute Gasteiger partial charge is 0.280 e. The zero-order valence-corrected chi connectivity index (χ0v) is 25.0. The minimum atomic E-state index is -4.64. The maximum atomic E-state index is 16.0. The number of H-pyrrole nitrogens is 1. The number of nitrogen functional groups attached to an aromatic ring is 2. The summed E-state index contributed by atoms with van der Waals surface area (Å²) in [5.41, 5.74) is 10.7. The second kappa shape index (κ2) is 11.1. The Balaban J connectivity index is 1.17. The summed E-state index contributed by atoms with van der Waals surface area (Å²) in [5.74, 6) is -0.253. The summed E-state index contributed by atoms with van der Waals surface area (Å²) in [4.78, 5) is 47.6. The molecular formula is C20H20BF2N10O9P2S-. The highest BCUT2D eigenvalue weighted by Crippen LogP contribution is 2.53. The lowest BCUT2D eigenvalue weighted by atomic mass is 10.1. The van der Waals surface area contributed by atoms with E-state index in [4.69, 9.17) is 58.4 Å². The highest BCUT2D eigenvalue weighted by molar-refractivity contribution is 8.06. The molecule has 10 atom stereocenters. The van der Waals surface area contributed by atoms with Gasteiger partial charge in [0.05, 0.1) is 25.9 Å². The van der Waals surface area contributed by atoms with Gasteiger partial charge in [0.1, 0.15) is 43.0 Å². The number of fused-ring (bicyclic) bond motifs is 4. The van der Waals surface area contributed by atoms with Crippen molar-refractivity contribution in [1.82, 2.24) is 39.0 Å². The van der Waals surface area contributed by atoms with Crippen molar-refractivity contribution in [2.45, 2.75) is 49.2 Å². The molecule has 3 unspecified atom stereocenters. The summed E-state index contributed by atoms with van der Waals surface area (Å²) in [6.45, 7) is -6.06. The fourth-order valence-corrected chi connectivity index (χ4v) is 7.69. The first-order valence-electron chi connectivity index (χ1n) is 12.9. The monoisotopic (exact) mass is 687 g/mol. The number of alkyl halides is 2. The van der Waals surface area contributed by atoms with E-state index in [1.54, 1.807) is 0 Å². The highest BCUT2D eigenvalue weighted by Gasteiger charge is 2.53. The van der Waals surface area contributed by atoms with Gasteiger partial charge in [0.25, 0.3) is 13.0 Å². The lowest BCUT2D eigenvalue weighted by Crippen LogP contribution is -2.38. The Morgan fingerprint density at radius 2 is 1.56 bits per heavy atom. The number of aromatic amines is 1. The van der Waals surface area contributed by atoms with E-state index < -0.39 is 82.2 Å². The number of nitrogens with one attached hydrogen (secondary N) is 1. The van der Waals surface area contributed by atoms with Crippen LogP contribution in [0.1, 0.15) is 12.5 Å². The molecule has 238 valence electrons. The van der Waals surface area contributed by atoms with E-state index in [1.165, 1.54) is 10.9 Å². The van der Waals surface area contributed by atoms with Gasteiger partial charge >= 0.3 is 0 Å².